The smallest absolute Gasteiger partial charge is 0.262 e. The Hall–Kier alpha value is -2.49. The van der Waals surface area contributed by atoms with Crippen LogP contribution in [0.2, 0.25) is 0 Å². The lowest BCUT2D eigenvalue weighted by molar-refractivity contribution is -0.118. The molecule has 0 spiro atoms. The number of hydrogen-bond acceptors (Lipinski definition) is 3. The average Bonchev–Trinajstić information content (AvgIpc) is 2.53. The van der Waals surface area contributed by atoms with E-state index in [1.54, 1.807) is 19.2 Å². The van der Waals surface area contributed by atoms with Crippen molar-refractivity contribution in [1.82, 2.24) is 0 Å². The fourth-order valence-electron chi connectivity index (χ4n) is 1.90. The van der Waals surface area contributed by atoms with E-state index in [1.807, 2.05) is 36.4 Å². The Morgan fingerprint density at radius 2 is 1.86 bits per heavy atom. The topological polar surface area (TPSA) is 47.6 Å². The minimum atomic E-state index is -0.204. The summed E-state index contributed by atoms with van der Waals surface area (Å²) in [5.41, 5.74) is 1.87. The van der Waals surface area contributed by atoms with Gasteiger partial charge in [-0.1, -0.05) is 25.1 Å². The number of aryl methyl sites for hydroxylation is 1. The molecule has 0 aliphatic rings. The monoisotopic (exact) mass is 285 g/mol. The summed E-state index contributed by atoms with van der Waals surface area (Å²) in [6.07, 6.45) is 0.938. The lowest BCUT2D eigenvalue weighted by Gasteiger charge is -2.09. The van der Waals surface area contributed by atoms with Gasteiger partial charge in [-0.15, -0.1) is 0 Å². The maximum absolute atomic E-state index is 11.9. The summed E-state index contributed by atoms with van der Waals surface area (Å²) in [6, 6.07) is 14.9. The van der Waals surface area contributed by atoms with Crippen molar-refractivity contribution in [2.24, 2.45) is 0 Å². The van der Waals surface area contributed by atoms with Gasteiger partial charge < -0.3 is 14.8 Å². The van der Waals surface area contributed by atoms with Gasteiger partial charge in [0.15, 0.2) is 6.61 Å². The predicted molar refractivity (Wildman–Crippen MR) is 82.9 cm³/mol. The van der Waals surface area contributed by atoms with Crippen molar-refractivity contribution in [3.05, 3.63) is 54.1 Å². The van der Waals surface area contributed by atoms with Crippen molar-refractivity contribution >= 4 is 11.6 Å². The molecule has 1 amide bonds. The predicted octanol–water partition coefficient (Wildman–Crippen LogP) is 3.28. The molecule has 0 atom stereocenters. The van der Waals surface area contributed by atoms with Gasteiger partial charge in [-0.25, -0.2) is 0 Å². The van der Waals surface area contributed by atoms with Crippen molar-refractivity contribution in [3.8, 4) is 11.5 Å². The summed E-state index contributed by atoms with van der Waals surface area (Å²) in [5, 5.41) is 2.77. The van der Waals surface area contributed by atoms with Crippen LogP contribution >= 0.6 is 0 Å². The Bertz CT molecular complexity index is 610. The van der Waals surface area contributed by atoms with Crippen LogP contribution in [0.5, 0.6) is 11.5 Å². The molecule has 0 unspecified atom stereocenters. The Kier molecular flexibility index (Phi) is 5.21. The van der Waals surface area contributed by atoms with Gasteiger partial charge in [-0.2, -0.15) is 0 Å². The number of amides is 1. The van der Waals surface area contributed by atoms with Gasteiger partial charge in [-0.3, -0.25) is 4.79 Å². The van der Waals surface area contributed by atoms with Crippen LogP contribution in [-0.4, -0.2) is 19.6 Å². The Balaban J connectivity index is 1.89. The van der Waals surface area contributed by atoms with Crippen LogP contribution in [0.15, 0.2) is 48.5 Å². The van der Waals surface area contributed by atoms with E-state index >= 15 is 0 Å². The number of hydrogen-bond donors (Lipinski definition) is 1. The van der Waals surface area contributed by atoms with Crippen LogP contribution in [0, 0.1) is 0 Å². The zero-order valence-corrected chi connectivity index (χ0v) is 12.3. The summed E-state index contributed by atoms with van der Waals surface area (Å²) >= 11 is 0. The molecule has 0 bridgehead atoms. The molecule has 0 aliphatic heterocycles. The van der Waals surface area contributed by atoms with Crippen molar-refractivity contribution in [2.75, 3.05) is 19.0 Å². The van der Waals surface area contributed by atoms with E-state index in [0.717, 1.165) is 6.42 Å². The van der Waals surface area contributed by atoms with Gasteiger partial charge in [0.2, 0.25) is 0 Å². The largest absolute Gasteiger partial charge is 0.497 e. The van der Waals surface area contributed by atoms with Crippen LogP contribution in [0.1, 0.15) is 12.5 Å². The van der Waals surface area contributed by atoms with Crippen LogP contribution in [-0.2, 0) is 11.2 Å². The zero-order chi connectivity index (χ0) is 15.1. The molecule has 2 rings (SSSR count). The number of rotatable bonds is 6. The SMILES string of the molecule is CCc1cccc(OCC(=O)Nc2cccc(OC)c2)c1. The molecule has 110 valence electrons. The highest BCUT2D eigenvalue weighted by Crippen LogP contribution is 2.17. The third kappa shape index (κ3) is 4.53. The zero-order valence-electron chi connectivity index (χ0n) is 12.3. The van der Waals surface area contributed by atoms with Crippen LogP contribution in [0.3, 0.4) is 0 Å². The first-order valence-electron chi connectivity index (χ1n) is 6.87. The molecule has 0 radical (unpaired) electrons. The first-order chi connectivity index (χ1) is 10.2. The van der Waals surface area contributed by atoms with Crippen molar-refractivity contribution in [2.45, 2.75) is 13.3 Å². The molecule has 0 aliphatic carbocycles. The lowest BCUT2D eigenvalue weighted by atomic mass is 10.2. The number of nitrogens with one attached hydrogen (secondary N) is 1. The van der Waals surface area contributed by atoms with E-state index in [9.17, 15) is 4.79 Å². The van der Waals surface area contributed by atoms with E-state index < -0.39 is 0 Å². The lowest BCUT2D eigenvalue weighted by Crippen LogP contribution is -2.20. The quantitative estimate of drug-likeness (QED) is 0.886. The van der Waals surface area contributed by atoms with Gasteiger partial charge in [0, 0.05) is 11.8 Å². The van der Waals surface area contributed by atoms with E-state index in [-0.39, 0.29) is 12.5 Å². The molecule has 4 nitrogen and oxygen atoms in total. The summed E-state index contributed by atoms with van der Waals surface area (Å²) in [7, 11) is 1.59. The highest BCUT2D eigenvalue weighted by molar-refractivity contribution is 5.92. The van der Waals surface area contributed by atoms with E-state index in [2.05, 4.69) is 12.2 Å². The van der Waals surface area contributed by atoms with Gasteiger partial charge in [0.05, 0.1) is 7.11 Å². The van der Waals surface area contributed by atoms with Gasteiger partial charge in [-0.05, 0) is 36.2 Å². The number of methoxy groups -OCH3 is 1. The summed E-state index contributed by atoms with van der Waals surface area (Å²) < 4.78 is 10.6. The number of anilines is 1. The maximum atomic E-state index is 11.9. The second-order valence-electron chi connectivity index (χ2n) is 4.57. The van der Waals surface area contributed by atoms with Gasteiger partial charge >= 0.3 is 0 Å². The first kappa shape index (κ1) is 14.9. The molecular formula is C17H19NO3. The van der Waals surface area contributed by atoms with Crippen molar-refractivity contribution in [3.63, 3.8) is 0 Å². The van der Waals surface area contributed by atoms with Gasteiger partial charge in [0.1, 0.15) is 11.5 Å². The summed E-state index contributed by atoms with van der Waals surface area (Å²) in [6.45, 7) is 2.05. The first-order valence-corrected chi connectivity index (χ1v) is 6.87. The highest BCUT2D eigenvalue weighted by Gasteiger charge is 2.05. The van der Waals surface area contributed by atoms with Crippen LogP contribution in [0.25, 0.3) is 0 Å². The van der Waals surface area contributed by atoms with Crippen molar-refractivity contribution < 1.29 is 14.3 Å². The maximum Gasteiger partial charge on any atom is 0.262 e. The molecule has 0 heterocycles. The molecule has 2 aromatic rings. The summed E-state index contributed by atoms with van der Waals surface area (Å²) in [5.74, 6) is 1.20. The third-order valence-corrected chi connectivity index (χ3v) is 3.03. The van der Waals surface area contributed by atoms with Crippen LogP contribution in [0.4, 0.5) is 5.69 Å². The van der Waals surface area contributed by atoms with Gasteiger partial charge in [0.25, 0.3) is 5.91 Å². The second-order valence-corrected chi connectivity index (χ2v) is 4.57. The molecule has 0 saturated heterocycles. The Morgan fingerprint density at radius 1 is 1.10 bits per heavy atom. The molecule has 21 heavy (non-hydrogen) atoms. The van der Waals surface area contributed by atoms with Crippen LogP contribution < -0.4 is 14.8 Å². The number of ether oxygens (including phenoxy) is 2. The summed E-state index contributed by atoms with van der Waals surface area (Å²) in [4.78, 5) is 11.9. The average molecular weight is 285 g/mol. The fraction of sp³-hybridized carbons (Fsp3) is 0.235. The highest BCUT2D eigenvalue weighted by atomic mass is 16.5. The molecule has 2 aromatic carbocycles. The Morgan fingerprint density at radius 3 is 2.62 bits per heavy atom. The molecule has 1 N–H and O–H groups in total. The number of carbonyl (C=O) groups is 1. The van der Waals surface area contributed by atoms with E-state index in [1.165, 1.54) is 5.56 Å². The van der Waals surface area contributed by atoms with Crippen molar-refractivity contribution in [1.29, 1.82) is 0 Å². The normalized spacial score (nSPS) is 10.0. The molecule has 0 saturated carbocycles. The number of carbonyl (C=O) groups excluding carboxylic acids is 1. The molecule has 4 heteroatoms. The minimum absolute atomic E-state index is 0.0234. The Labute approximate surface area is 124 Å². The second kappa shape index (κ2) is 7.33. The minimum Gasteiger partial charge on any atom is -0.497 e. The fourth-order valence-corrected chi connectivity index (χ4v) is 1.90. The molecule has 0 fully saturated rings. The van der Waals surface area contributed by atoms with E-state index in [4.69, 9.17) is 9.47 Å². The standard InChI is InChI=1S/C17H19NO3/c1-3-13-6-4-9-16(10-13)21-12-17(19)18-14-7-5-8-15(11-14)20-2/h4-11H,3,12H2,1-2H3,(H,18,19). The third-order valence-electron chi connectivity index (χ3n) is 3.03. The molecule has 0 aromatic heterocycles. The van der Waals surface area contributed by atoms with E-state index in [0.29, 0.717) is 17.2 Å². The number of benzene rings is 2. The molecular weight excluding hydrogens is 266 g/mol.